The molecule has 2 aromatic carbocycles. The molecule has 28 heavy (non-hydrogen) atoms. The number of nitrogens with zero attached hydrogens (tertiary/aromatic N) is 2. The molecule has 0 saturated heterocycles. The highest BCUT2D eigenvalue weighted by Crippen LogP contribution is 2.36. The maximum Gasteiger partial charge on any atom is 0.269 e. The van der Waals surface area contributed by atoms with Gasteiger partial charge in [0.05, 0.1) is 5.52 Å². The standard InChI is InChI=1S/C22H20N2O2S2/c1-23-12-10-16(11-13-23)19-14-24(20-8-4-2-6-17(19)20)28(25,26)22-15-27-21-9-5-3-7-18(21)22/h2-10,14-15H,11-13H2,1H3. The molecule has 0 saturated carbocycles. The van der Waals surface area contributed by atoms with E-state index in [0.29, 0.717) is 4.90 Å². The van der Waals surface area contributed by atoms with Gasteiger partial charge in [-0.05, 0) is 31.2 Å². The Hall–Kier alpha value is -2.41. The van der Waals surface area contributed by atoms with Crippen molar-refractivity contribution >= 4 is 47.9 Å². The van der Waals surface area contributed by atoms with E-state index < -0.39 is 10.0 Å². The Morgan fingerprint density at radius 3 is 2.54 bits per heavy atom. The Labute approximate surface area is 168 Å². The van der Waals surface area contributed by atoms with Gasteiger partial charge in [0.2, 0.25) is 0 Å². The Balaban J connectivity index is 1.73. The van der Waals surface area contributed by atoms with Gasteiger partial charge in [0.1, 0.15) is 4.90 Å². The third-order valence-electron chi connectivity index (χ3n) is 5.42. The van der Waals surface area contributed by atoms with Crippen molar-refractivity contribution in [2.24, 2.45) is 0 Å². The van der Waals surface area contributed by atoms with Crippen molar-refractivity contribution in [2.75, 3.05) is 20.1 Å². The summed E-state index contributed by atoms with van der Waals surface area (Å²) >= 11 is 1.47. The summed E-state index contributed by atoms with van der Waals surface area (Å²) in [7, 11) is -1.59. The molecule has 0 fully saturated rings. The van der Waals surface area contributed by atoms with Crippen molar-refractivity contribution in [3.8, 4) is 0 Å². The van der Waals surface area contributed by atoms with Crippen molar-refractivity contribution in [1.82, 2.24) is 8.87 Å². The third kappa shape index (κ3) is 2.71. The zero-order valence-electron chi connectivity index (χ0n) is 15.5. The molecule has 142 valence electrons. The van der Waals surface area contributed by atoms with Crippen LogP contribution in [-0.4, -0.2) is 37.4 Å². The second-order valence-electron chi connectivity index (χ2n) is 7.20. The van der Waals surface area contributed by atoms with E-state index in [9.17, 15) is 8.42 Å². The molecule has 0 radical (unpaired) electrons. The van der Waals surface area contributed by atoms with E-state index in [1.165, 1.54) is 20.9 Å². The molecule has 0 N–H and O–H groups in total. The molecule has 1 aliphatic rings. The van der Waals surface area contributed by atoms with Crippen LogP contribution >= 0.6 is 11.3 Å². The second kappa shape index (κ2) is 6.58. The van der Waals surface area contributed by atoms with Gasteiger partial charge in [-0.15, -0.1) is 11.3 Å². The minimum absolute atomic E-state index is 0.373. The lowest BCUT2D eigenvalue weighted by Crippen LogP contribution is -2.23. The van der Waals surface area contributed by atoms with Gasteiger partial charge in [0.25, 0.3) is 10.0 Å². The van der Waals surface area contributed by atoms with E-state index in [-0.39, 0.29) is 0 Å². The number of aromatic nitrogens is 1. The first kappa shape index (κ1) is 17.7. The molecule has 1 aliphatic heterocycles. The molecular weight excluding hydrogens is 388 g/mol. The van der Waals surface area contributed by atoms with Crippen molar-refractivity contribution in [2.45, 2.75) is 11.3 Å². The lowest BCUT2D eigenvalue weighted by atomic mass is 9.99. The molecule has 4 aromatic rings. The van der Waals surface area contributed by atoms with E-state index in [4.69, 9.17) is 0 Å². The van der Waals surface area contributed by atoms with Crippen LogP contribution in [0, 0.1) is 0 Å². The van der Waals surface area contributed by atoms with Gasteiger partial charge in [-0.2, -0.15) is 0 Å². The topological polar surface area (TPSA) is 42.3 Å². The van der Waals surface area contributed by atoms with Crippen LogP contribution in [0.1, 0.15) is 12.0 Å². The molecule has 2 aromatic heterocycles. The molecule has 0 atom stereocenters. The smallest absolute Gasteiger partial charge is 0.269 e. The third-order valence-corrected chi connectivity index (χ3v) is 8.24. The summed E-state index contributed by atoms with van der Waals surface area (Å²) in [6.45, 7) is 1.87. The van der Waals surface area contributed by atoms with Crippen LogP contribution in [0.2, 0.25) is 0 Å². The molecule has 0 unspecified atom stereocenters. The SMILES string of the molecule is CN1CC=C(c2cn(S(=O)(=O)c3csc4ccccc34)c3ccccc23)CC1. The minimum atomic E-state index is -3.69. The Morgan fingerprint density at radius 2 is 1.75 bits per heavy atom. The van der Waals surface area contributed by atoms with E-state index in [2.05, 4.69) is 18.0 Å². The molecule has 3 heterocycles. The molecule has 0 amide bonds. The van der Waals surface area contributed by atoms with Crippen molar-refractivity contribution < 1.29 is 8.42 Å². The fourth-order valence-corrected chi connectivity index (χ4v) is 6.73. The molecule has 5 rings (SSSR count). The highest BCUT2D eigenvalue weighted by atomic mass is 32.2. The maximum absolute atomic E-state index is 13.6. The van der Waals surface area contributed by atoms with Crippen LogP contribution < -0.4 is 0 Å². The summed E-state index contributed by atoms with van der Waals surface area (Å²) in [6, 6.07) is 15.4. The van der Waals surface area contributed by atoms with Gasteiger partial charge in [0, 0.05) is 45.7 Å². The summed E-state index contributed by atoms with van der Waals surface area (Å²) in [4.78, 5) is 2.63. The molecule has 0 aliphatic carbocycles. The zero-order valence-corrected chi connectivity index (χ0v) is 17.1. The number of hydrogen-bond acceptors (Lipinski definition) is 4. The first-order chi connectivity index (χ1) is 13.6. The lowest BCUT2D eigenvalue weighted by molar-refractivity contribution is 0.370. The van der Waals surface area contributed by atoms with Gasteiger partial charge in [-0.3, -0.25) is 0 Å². The number of benzene rings is 2. The number of fused-ring (bicyclic) bond motifs is 2. The Bertz CT molecular complexity index is 1330. The fraction of sp³-hybridized carbons (Fsp3) is 0.182. The van der Waals surface area contributed by atoms with Gasteiger partial charge in [-0.25, -0.2) is 12.4 Å². The molecule has 0 bridgehead atoms. The number of hydrogen-bond donors (Lipinski definition) is 0. The summed E-state index contributed by atoms with van der Waals surface area (Å²) in [5.41, 5.74) is 2.97. The Morgan fingerprint density at radius 1 is 1.00 bits per heavy atom. The Kier molecular flexibility index (Phi) is 4.16. The zero-order chi connectivity index (χ0) is 19.3. The van der Waals surface area contributed by atoms with Gasteiger partial charge >= 0.3 is 0 Å². The van der Waals surface area contributed by atoms with Crippen LogP contribution in [0.15, 0.2) is 71.1 Å². The van der Waals surface area contributed by atoms with Gasteiger partial charge in [0.15, 0.2) is 0 Å². The van der Waals surface area contributed by atoms with Crippen molar-refractivity contribution in [3.63, 3.8) is 0 Å². The summed E-state index contributed by atoms with van der Waals surface area (Å²) in [6.07, 6.45) is 4.94. The second-order valence-corrected chi connectivity index (χ2v) is 9.89. The predicted molar refractivity (Wildman–Crippen MR) is 116 cm³/mol. The van der Waals surface area contributed by atoms with E-state index in [0.717, 1.165) is 46.1 Å². The first-order valence-electron chi connectivity index (χ1n) is 9.25. The summed E-state index contributed by atoms with van der Waals surface area (Å²) in [5.74, 6) is 0. The number of para-hydroxylation sites is 1. The largest absolute Gasteiger partial charge is 0.302 e. The average molecular weight is 409 g/mol. The molecular formula is C22H20N2O2S2. The van der Waals surface area contributed by atoms with E-state index in [1.54, 1.807) is 5.38 Å². The first-order valence-corrected chi connectivity index (χ1v) is 11.6. The monoisotopic (exact) mass is 408 g/mol. The quantitative estimate of drug-likeness (QED) is 0.488. The molecule has 0 spiro atoms. The predicted octanol–water partition coefficient (Wildman–Crippen LogP) is 4.81. The number of rotatable bonds is 3. The van der Waals surface area contributed by atoms with Crippen LogP contribution in [0.3, 0.4) is 0 Å². The van der Waals surface area contributed by atoms with Crippen molar-refractivity contribution in [1.29, 1.82) is 0 Å². The lowest BCUT2D eigenvalue weighted by Gasteiger charge is -2.21. The number of likely N-dealkylation sites (N-methyl/N-ethyl adjacent to an activating group) is 1. The van der Waals surface area contributed by atoms with Crippen molar-refractivity contribution in [3.05, 3.63) is 71.7 Å². The molecule has 6 heteroatoms. The van der Waals surface area contributed by atoms with Crippen LogP contribution in [0.5, 0.6) is 0 Å². The summed E-state index contributed by atoms with van der Waals surface area (Å²) < 4.78 is 29.7. The van der Waals surface area contributed by atoms with Gasteiger partial charge in [-0.1, -0.05) is 42.5 Å². The molecule has 4 nitrogen and oxygen atoms in total. The van der Waals surface area contributed by atoms with Gasteiger partial charge < -0.3 is 4.90 Å². The fourth-order valence-electron chi connectivity index (χ4n) is 3.88. The normalized spacial score (nSPS) is 16.0. The number of thiophene rings is 1. The van der Waals surface area contributed by atoms with Crippen LogP contribution in [0.25, 0.3) is 26.6 Å². The van der Waals surface area contributed by atoms with E-state index in [1.807, 2.05) is 54.7 Å². The van der Waals surface area contributed by atoms with Crippen LogP contribution in [0.4, 0.5) is 0 Å². The highest BCUT2D eigenvalue weighted by molar-refractivity contribution is 7.90. The summed E-state index contributed by atoms with van der Waals surface area (Å²) in [5, 5.41) is 3.52. The maximum atomic E-state index is 13.6. The van der Waals surface area contributed by atoms with E-state index >= 15 is 0 Å². The minimum Gasteiger partial charge on any atom is -0.302 e. The van der Waals surface area contributed by atoms with Crippen LogP contribution in [-0.2, 0) is 10.0 Å². The highest BCUT2D eigenvalue weighted by Gasteiger charge is 2.25. The average Bonchev–Trinajstić information content (AvgIpc) is 3.31.